The largest absolute Gasteiger partial charge is 0.307 e. The van der Waals surface area contributed by atoms with Crippen molar-refractivity contribution in [2.45, 2.75) is 10.8 Å². The van der Waals surface area contributed by atoms with Crippen molar-refractivity contribution in [3.63, 3.8) is 0 Å². The summed E-state index contributed by atoms with van der Waals surface area (Å²) < 4.78 is 12.0. The SMILES string of the molecule is c1ccc(-c2nc(-c3ccc4c5c(cccc35)C35c6cccc7c(-c8nc(-c9ccccc9)nc(-n9c%10ccccc%10c%10ccc%11c%12ccccc%12n(-c%12ccccc%12)c%11c%109)n8)ccc(c67)C43c3cccc4sc6cccc5c6c34)nc(-n3c4ccccc4c4ccc5c6ccccc6n(-c6ccccc6)c5c43)n2)cc1. The molecule has 26 rings (SSSR count). The number of aromatic nitrogens is 10. The third-order valence-electron chi connectivity index (χ3n) is 24.7. The number of fused-ring (bicyclic) bond motifs is 14. The quantitative estimate of drug-likeness (QED) is 0.150. The van der Waals surface area contributed by atoms with Crippen LogP contribution < -0.4 is 0 Å². The first kappa shape index (κ1) is 59.6. The zero-order chi connectivity index (χ0) is 72.1. The van der Waals surface area contributed by atoms with Gasteiger partial charge in [0, 0.05) is 96.9 Å². The number of hydrogen-bond donors (Lipinski definition) is 0. The Morgan fingerprint density at radius 3 is 0.892 bits per heavy atom. The van der Waals surface area contributed by atoms with Crippen LogP contribution in [0.5, 0.6) is 0 Å². The van der Waals surface area contributed by atoms with Crippen molar-refractivity contribution in [2.24, 2.45) is 0 Å². The summed E-state index contributed by atoms with van der Waals surface area (Å²) in [5.74, 6) is 3.42. The summed E-state index contributed by atoms with van der Waals surface area (Å²) >= 11 is 1.90. The van der Waals surface area contributed by atoms with E-state index in [1.165, 1.54) is 75.1 Å². The summed E-state index contributed by atoms with van der Waals surface area (Å²) in [6.07, 6.45) is 0. The van der Waals surface area contributed by atoms with Crippen LogP contribution in [0.2, 0.25) is 0 Å². The highest BCUT2D eigenvalue weighted by Gasteiger charge is 2.69. The molecule has 0 N–H and O–H groups in total. The molecule has 0 unspecified atom stereocenters. The fourth-order valence-electron chi connectivity index (χ4n) is 20.7. The van der Waals surface area contributed by atoms with Gasteiger partial charge < -0.3 is 9.13 Å². The van der Waals surface area contributed by atoms with Gasteiger partial charge in [-0.25, -0.2) is 9.97 Å². The zero-order valence-electron chi connectivity index (χ0n) is 59.2. The van der Waals surface area contributed by atoms with Gasteiger partial charge in [-0.05, 0) is 116 Å². The van der Waals surface area contributed by atoms with Crippen molar-refractivity contribution in [3.05, 3.63) is 373 Å². The summed E-state index contributed by atoms with van der Waals surface area (Å²) in [5, 5.41) is 16.3. The monoisotopic (exact) mass is 1430 g/mol. The minimum Gasteiger partial charge on any atom is -0.307 e. The van der Waals surface area contributed by atoms with Gasteiger partial charge in [-0.1, -0.05) is 279 Å². The van der Waals surface area contributed by atoms with Crippen molar-refractivity contribution < 1.29 is 0 Å². The first-order chi connectivity index (χ1) is 55.1. The molecule has 3 aliphatic rings. The maximum Gasteiger partial charge on any atom is 0.238 e. The molecule has 0 fully saturated rings. The Morgan fingerprint density at radius 1 is 0.207 bits per heavy atom. The molecule has 7 aromatic heterocycles. The van der Waals surface area contributed by atoms with Crippen LogP contribution in [-0.4, -0.2) is 48.2 Å². The van der Waals surface area contributed by atoms with Crippen LogP contribution in [0.4, 0.5) is 0 Å². The van der Waals surface area contributed by atoms with Crippen molar-refractivity contribution in [3.8, 4) is 68.8 Å². The van der Waals surface area contributed by atoms with E-state index in [1.807, 2.05) is 11.3 Å². The second-order valence-corrected chi connectivity index (χ2v) is 30.9. The van der Waals surface area contributed by atoms with E-state index in [9.17, 15) is 0 Å². The smallest absolute Gasteiger partial charge is 0.238 e. The lowest BCUT2D eigenvalue weighted by atomic mass is 9.51. The Kier molecular flexibility index (Phi) is 11.6. The Hall–Kier alpha value is -14.5. The fourth-order valence-corrected chi connectivity index (χ4v) is 21.9. The molecule has 23 aromatic rings. The van der Waals surface area contributed by atoms with Gasteiger partial charge in [-0.15, -0.1) is 11.3 Å². The van der Waals surface area contributed by atoms with Gasteiger partial charge in [0.05, 0.1) is 55.0 Å². The number of benzene rings is 16. The maximum atomic E-state index is 5.85. The molecule has 16 aromatic carbocycles. The standard InChI is InChI=1S/C100H56N10S/c1-5-25-57(26-6-1)93-101-95(105-97(103-93)109-81-45-19-15-35-63(81)69-51-49-67-61-33-13-17-43-79(61)107(89(67)91(69)109)59-29-9-3-10-30-59)71-53-55-77-85-65(71)37-21-39-73(85)99-74-40-22-38-66-72(54-56-78(86(66)74)100(77,99)76-42-24-48-84-88(76)87-75(99)41-23-47-83(87)111-84)96-102-94(58-27-7-2-8-28-58)104-98(106-96)110-82-46-20-16-36-64(82)70-52-50-68-62-34-14-18-44-80(62)108(90(68)92(70)110)60-31-11-4-12-32-60/h1-56H. The van der Waals surface area contributed by atoms with Crippen molar-refractivity contribution in [1.82, 2.24) is 48.2 Å². The van der Waals surface area contributed by atoms with Crippen LogP contribution >= 0.6 is 11.3 Å². The predicted octanol–water partition coefficient (Wildman–Crippen LogP) is 24.1. The Labute approximate surface area is 637 Å². The minimum atomic E-state index is -0.772. The van der Waals surface area contributed by atoms with Crippen LogP contribution in [-0.2, 0) is 10.8 Å². The van der Waals surface area contributed by atoms with Crippen LogP contribution in [0, 0.1) is 0 Å². The molecule has 3 aliphatic carbocycles. The molecule has 0 amide bonds. The van der Waals surface area contributed by atoms with E-state index in [0.29, 0.717) is 35.2 Å². The number of para-hydroxylation sites is 6. The average Bonchev–Trinajstić information content (AvgIpc) is 1.44. The molecule has 0 radical (unpaired) electrons. The molecule has 10 nitrogen and oxygen atoms in total. The molecule has 0 bridgehead atoms. The second kappa shape index (κ2) is 21.6. The van der Waals surface area contributed by atoms with Gasteiger partial charge in [0.15, 0.2) is 23.3 Å². The number of hydrogen-bond acceptors (Lipinski definition) is 7. The van der Waals surface area contributed by atoms with Gasteiger partial charge in [0.2, 0.25) is 11.9 Å². The van der Waals surface area contributed by atoms with Gasteiger partial charge in [0.1, 0.15) is 0 Å². The molecule has 0 aliphatic heterocycles. The molecule has 11 heteroatoms. The molecule has 0 saturated carbocycles. The lowest BCUT2D eigenvalue weighted by Gasteiger charge is -2.48. The molecule has 7 heterocycles. The van der Waals surface area contributed by atoms with Crippen LogP contribution in [0.25, 0.3) is 198 Å². The number of rotatable bonds is 8. The molecule has 0 atom stereocenters. The molecule has 0 saturated heterocycles. The highest BCUT2D eigenvalue weighted by molar-refractivity contribution is 7.26. The predicted molar refractivity (Wildman–Crippen MR) is 453 cm³/mol. The zero-order valence-corrected chi connectivity index (χ0v) is 60.0. The molecule has 0 spiro atoms. The highest BCUT2D eigenvalue weighted by Crippen LogP contribution is 2.75. The first-order valence-electron chi connectivity index (χ1n) is 37.8. The normalized spacial score (nSPS) is 15.5. The highest BCUT2D eigenvalue weighted by atomic mass is 32.1. The lowest BCUT2D eigenvalue weighted by Crippen LogP contribution is -2.47. The molecule has 111 heavy (non-hydrogen) atoms. The Balaban J connectivity index is 0.733. The fraction of sp³-hybridized carbons (Fsp3) is 0.0200. The Bertz CT molecular complexity index is 7590. The summed E-state index contributed by atoms with van der Waals surface area (Å²) in [6, 6.07) is 124. The minimum absolute atomic E-state index is 0.535. The van der Waals surface area contributed by atoms with Gasteiger partial charge in [-0.3, -0.25) is 9.13 Å². The van der Waals surface area contributed by atoms with E-state index >= 15 is 0 Å². The van der Waals surface area contributed by atoms with E-state index in [2.05, 4.69) is 358 Å². The summed E-state index contributed by atoms with van der Waals surface area (Å²) in [6.45, 7) is 0. The van der Waals surface area contributed by atoms with Gasteiger partial charge in [0.25, 0.3) is 0 Å². The lowest BCUT2D eigenvalue weighted by molar-refractivity contribution is 0.469. The topological polar surface area (TPSA) is 97.1 Å². The van der Waals surface area contributed by atoms with E-state index in [1.54, 1.807) is 0 Å². The van der Waals surface area contributed by atoms with Crippen molar-refractivity contribution in [2.75, 3.05) is 0 Å². The van der Waals surface area contributed by atoms with E-state index in [4.69, 9.17) is 29.9 Å². The second-order valence-electron chi connectivity index (χ2n) is 29.8. The Morgan fingerprint density at radius 2 is 0.505 bits per heavy atom. The van der Waals surface area contributed by atoms with Crippen molar-refractivity contribution in [1.29, 1.82) is 0 Å². The third-order valence-corrected chi connectivity index (χ3v) is 25.9. The van der Waals surface area contributed by atoms with Crippen LogP contribution in [0.15, 0.2) is 340 Å². The van der Waals surface area contributed by atoms with Gasteiger partial charge >= 0.3 is 0 Å². The average molecular weight is 1430 g/mol. The number of thiophene rings is 1. The summed E-state index contributed by atoms with van der Waals surface area (Å²) in [5.41, 5.74) is 20.3. The van der Waals surface area contributed by atoms with E-state index < -0.39 is 10.8 Å². The first-order valence-corrected chi connectivity index (χ1v) is 38.7. The van der Waals surface area contributed by atoms with E-state index in [0.717, 1.165) is 121 Å². The summed E-state index contributed by atoms with van der Waals surface area (Å²) in [4.78, 5) is 34.2. The van der Waals surface area contributed by atoms with Crippen LogP contribution in [0.1, 0.15) is 33.4 Å². The molecular formula is C100H56N10S. The van der Waals surface area contributed by atoms with E-state index in [-0.39, 0.29) is 0 Å². The van der Waals surface area contributed by atoms with Crippen molar-refractivity contribution >= 4 is 140 Å². The number of nitrogens with zero attached hydrogens (tertiary/aromatic N) is 10. The molecular weight excluding hydrogens is 1370 g/mol. The summed E-state index contributed by atoms with van der Waals surface area (Å²) in [7, 11) is 0. The molecule has 512 valence electrons. The van der Waals surface area contributed by atoms with Gasteiger partial charge in [-0.2, -0.15) is 19.9 Å². The van der Waals surface area contributed by atoms with Crippen LogP contribution in [0.3, 0.4) is 0 Å². The third kappa shape index (κ3) is 7.46. The maximum absolute atomic E-state index is 5.85.